The van der Waals surface area contributed by atoms with Crippen molar-refractivity contribution in [1.82, 2.24) is 9.80 Å². The number of carbonyl (C=O) groups is 2. The highest BCUT2D eigenvalue weighted by Gasteiger charge is 2.22. The smallest absolute Gasteiger partial charge is 0.302 e. The third-order valence-corrected chi connectivity index (χ3v) is 4.55. The maximum atomic E-state index is 12.7. The van der Waals surface area contributed by atoms with E-state index in [9.17, 15) is 9.59 Å². The predicted octanol–water partition coefficient (Wildman–Crippen LogP) is 2.71. The van der Waals surface area contributed by atoms with Gasteiger partial charge >= 0.3 is 5.97 Å². The zero-order chi connectivity index (χ0) is 18.4. The van der Waals surface area contributed by atoms with Crippen LogP contribution in [0.1, 0.15) is 28.4 Å². The van der Waals surface area contributed by atoms with Gasteiger partial charge in [-0.25, -0.2) is 0 Å². The molecule has 0 aromatic heterocycles. The maximum Gasteiger partial charge on any atom is 0.302 e. The molecule has 5 nitrogen and oxygen atoms in total. The molecule has 0 saturated carbocycles. The summed E-state index contributed by atoms with van der Waals surface area (Å²) in [6, 6.07) is 17.7. The molecule has 0 bridgehead atoms. The fourth-order valence-corrected chi connectivity index (χ4v) is 3.06. The summed E-state index contributed by atoms with van der Waals surface area (Å²) in [5.74, 6) is -0.248. The van der Waals surface area contributed by atoms with Gasteiger partial charge in [0.05, 0.1) is 0 Å². The molecule has 1 aliphatic heterocycles. The number of benzene rings is 2. The zero-order valence-electron chi connectivity index (χ0n) is 15.1. The van der Waals surface area contributed by atoms with Crippen molar-refractivity contribution in [3.8, 4) is 0 Å². The lowest BCUT2D eigenvalue weighted by molar-refractivity contribution is -0.142. The number of carbonyl (C=O) groups excluding carboxylic acids is 2. The van der Waals surface area contributed by atoms with Crippen molar-refractivity contribution >= 4 is 11.9 Å². The molecule has 26 heavy (non-hydrogen) atoms. The van der Waals surface area contributed by atoms with Gasteiger partial charge in [-0.05, 0) is 23.3 Å². The molecule has 2 aromatic carbocycles. The predicted molar refractivity (Wildman–Crippen MR) is 99.5 cm³/mol. The molecule has 1 heterocycles. The molecule has 0 spiro atoms. The fourth-order valence-electron chi connectivity index (χ4n) is 3.06. The van der Waals surface area contributed by atoms with Crippen molar-refractivity contribution < 1.29 is 14.3 Å². The first-order chi connectivity index (χ1) is 12.6. The number of esters is 1. The normalized spacial score (nSPS) is 14.9. The van der Waals surface area contributed by atoms with Crippen molar-refractivity contribution in [2.24, 2.45) is 0 Å². The third-order valence-electron chi connectivity index (χ3n) is 4.55. The summed E-state index contributed by atoms with van der Waals surface area (Å²) in [4.78, 5) is 27.8. The van der Waals surface area contributed by atoms with Crippen LogP contribution in [0.4, 0.5) is 0 Å². The molecule has 1 saturated heterocycles. The molecule has 0 unspecified atom stereocenters. The van der Waals surface area contributed by atoms with Gasteiger partial charge in [-0.1, -0.05) is 42.5 Å². The molecule has 0 atom stereocenters. The van der Waals surface area contributed by atoms with E-state index in [0.29, 0.717) is 5.56 Å². The number of hydrogen-bond donors (Lipinski definition) is 0. The van der Waals surface area contributed by atoms with Gasteiger partial charge in [-0.15, -0.1) is 0 Å². The third kappa shape index (κ3) is 4.92. The summed E-state index contributed by atoms with van der Waals surface area (Å²) in [7, 11) is 0. The quantitative estimate of drug-likeness (QED) is 0.777. The van der Waals surface area contributed by atoms with E-state index >= 15 is 0 Å². The van der Waals surface area contributed by atoms with Gasteiger partial charge in [0.1, 0.15) is 6.61 Å². The van der Waals surface area contributed by atoms with E-state index in [1.54, 1.807) is 12.1 Å². The van der Waals surface area contributed by atoms with Gasteiger partial charge in [0, 0.05) is 45.2 Å². The summed E-state index contributed by atoms with van der Waals surface area (Å²) >= 11 is 0. The highest BCUT2D eigenvalue weighted by atomic mass is 16.5. The van der Waals surface area contributed by atoms with E-state index in [2.05, 4.69) is 29.2 Å². The van der Waals surface area contributed by atoms with Crippen LogP contribution in [0.3, 0.4) is 0 Å². The average Bonchev–Trinajstić information content (AvgIpc) is 2.68. The Labute approximate surface area is 154 Å². The lowest BCUT2D eigenvalue weighted by Crippen LogP contribution is -2.48. The zero-order valence-corrected chi connectivity index (χ0v) is 15.1. The van der Waals surface area contributed by atoms with E-state index in [1.165, 1.54) is 12.5 Å². The van der Waals surface area contributed by atoms with E-state index in [-0.39, 0.29) is 18.5 Å². The summed E-state index contributed by atoms with van der Waals surface area (Å²) in [6.45, 7) is 5.78. The van der Waals surface area contributed by atoms with Gasteiger partial charge in [0.2, 0.25) is 0 Å². The molecule has 2 aromatic rings. The van der Waals surface area contributed by atoms with Gasteiger partial charge in [-0.2, -0.15) is 0 Å². The highest BCUT2D eigenvalue weighted by Crippen LogP contribution is 2.13. The van der Waals surface area contributed by atoms with Crippen LogP contribution in [0.2, 0.25) is 0 Å². The van der Waals surface area contributed by atoms with Crippen LogP contribution in [0, 0.1) is 0 Å². The van der Waals surface area contributed by atoms with Crippen LogP contribution in [0.5, 0.6) is 0 Å². The van der Waals surface area contributed by atoms with Crippen molar-refractivity contribution in [2.45, 2.75) is 20.1 Å². The van der Waals surface area contributed by atoms with Gasteiger partial charge in [-0.3, -0.25) is 14.5 Å². The van der Waals surface area contributed by atoms with Gasteiger partial charge < -0.3 is 9.64 Å². The van der Waals surface area contributed by atoms with E-state index in [4.69, 9.17) is 4.74 Å². The molecule has 136 valence electrons. The first-order valence-corrected chi connectivity index (χ1v) is 8.89. The Balaban J connectivity index is 1.51. The number of amides is 1. The summed E-state index contributed by atoms with van der Waals surface area (Å²) in [5, 5.41) is 0. The second-order valence-electron chi connectivity index (χ2n) is 6.53. The molecule has 0 radical (unpaired) electrons. The molecule has 1 fully saturated rings. The number of nitrogens with zero attached hydrogens (tertiary/aromatic N) is 2. The Morgan fingerprint density at radius 2 is 1.54 bits per heavy atom. The first kappa shape index (κ1) is 18.1. The summed E-state index contributed by atoms with van der Waals surface area (Å²) < 4.78 is 4.97. The standard InChI is InChI=1S/C21H24N2O3/c1-17(24)26-16-19-7-9-20(10-8-19)21(25)23-13-11-22(12-14-23)15-18-5-3-2-4-6-18/h2-10H,11-16H2,1H3. The van der Waals surface area contributed by atoms with Crippen molar-refractivity contribution in [3.63, 3.8) is 0 Å². The monoisotopic (exact) mass is 352 g/mol. The summed E-state index contributed by atoms with van der Waals surface area (Å²) in [6.07, 6.45) is 0. The van der Waals surface area contributed by atoms with Crippen molar-refractivity contribution in [2.75, 3.05) is 26.2 Å². The molecule has 5 heteroatoms. The molecule has 1 aliphatic rings. The highest BCUT2D eigenvalue weighted by molar-refractivity contribution is 5.94. The van der Waals surface area contributed by atoms with Crippen molar-refractivity contribution in [1.29, 1.82) is 0 Å². The Kier molecular flexibility index (Phi) is 6.02. The van der Waals surface area contributed by atoms with Crippen molar-refractivity contribution in [3.05, 3.63) is 71.3 Å². The second kappa shape index (κ2) is 8.63. The SMILES string of the molecule is CC(=O)OCc1ccc(C(=O)N2CCN(Cc3ccccc3)CC2)cc1. The molecular weight excluding hydrogens is 328 g/mol. The lowest BCUT2D eigenvalue weighted by atomic mass is 10.1. The van der Waals surface area contributed by atoms with Crippen LogP contribution >= 0.6 is 0 Å². The van der Waals surface area contributed by atoms with E-state index < -0.39 is 0 Å². The minimum Gasteiger partial charge on any atom is -0.461 e. The van der Waals surface area contributed by atoms with Gasteiger partial charge in [0.25, 0.3) is 5.91 Å². The topological polar surface area (TPSA) is 49.9 Å². The molecular formula is C21H24N2O3. The Bertz CT molecular complexity index is 736. The average molecular weight is 352 g/mol. The van der Waals surface area contributed by atoms with Crippen LogP contribution in [0.15, 0.2) is 54.6 Å². The van der Waals surface area contributed by atoms with Crippen LogP contribution in [0.25, 0.3) is 0 Å². The van der Waals surface area contributed by atoms with Gasteiger partial charge in [0.15, 0.2) is 0 Å². The minimum absolute atomic E-state index is 0.0587. The molecule has 0 aliphatic carbocycles. The summed E-state index contributed by atoms with van der Waals surface area (Å²) in [5.41, 5.74) is 2.85. The Hall–Kier alpha value is -2.66. The fraction of sp³-hybridized carbons (Fsp3) is 0.333. The number of piperazine rings is 1. The number of ether oxygens (including phenoxy) is 1. The lowest BCUT2D eigenvalue weighted by Gasteiger charge is -2.34. The second-order valence-corrected chi connectivity index (χ2v) is 6.53. The van der Waals surface area contributed by atoms with E-state index in [0.717, 1.165) is 38.3 Å². The molecule has 3 rings (SSSR count). The Morgan fingerprint density at radius 3 is 2.15 bits per heavy atom. The minimum atomic E-state index is -0.307. The first-order valence-electron chi connectivity index (χ1n) is 8.89. The van der Waals surface area contributed by atoms with E-state index in [1.807, 2.05) is 23.1 Å². The molecule has 1 amide bonds. The number of hydrogen-bond acceptors (Lipinski definition) is 4. The maximum absolute atomic E-state index is 12.7. The number of rotatable bonds is 5. The van der Waals surface area contributed by atoms with Crippen LogP contribution in [-0.2, 0) is 22.7 Å². The molecule has 0 N–H and O–H groups in total. The van der Waals surface area contributed by atoms with Crippen LogP contribution in [-0.4, -0.2) is 47.9 Å². The largest absolute Gasteiger partial charge is 0.461 e. The Morgan fingerprint density at radius 1 is 0.885 bits per heavy atom. The van der Waals surface area contributed by atoms with Crippen LogP contribution < -0.4 is 0 Å².